The molecule has 26 heavy (non-hydrogen) atoms. The number of carbonyl (C=O) groups excluding carboxylic acids is 1. The molecule has 1 amide bonds. The first-order chi connectivity index (χ1) is 12.5. The van der Waals surface area contributed by atoms with Crippen LogP contribution in [0.3, 0.4) is 0 Å². The molecule has 2 aromatic carbocycles. The lowest BCUT2D eigenvalue weighted by Crippen LogP contribution is -2.16. The summed E-state index contributed by atoms with van der Waals surface area (Å²) in [5.74, 6) is -1.71. The smallest absolute Gasteiger partial charge is 0.276 e. The van der Waals surface area contributed by atoms with Gasteiger partial charge < -0.3 is 10.6 Å². The van der Waals surface area contributed by atoms with E-state index in [0.29, 0.717) is 11.9 Å². The topological polar surface area (TPSA) is 66.9 Å². The molecule has 0 saturated carbocycles. The number of rotatable bonds is 5. The van der Waals surface area contributed by atoms with E-state index in [1.54, 1.807) is 6.07 Å². The van der Waals surface area contributed by atoms with Gasteiger partial charge in [-0.15, -0.1) is 10.2 Å². The lowest BCUT2D eigenvalue weighted by atomic mass is 10.1. The molecule has 7 heteroatoms. The number of benzene rings is 2. The second-order valence-electron chi connectivity index (χ2n) is 5.66. The number of nitrogens with one attached hydrogen (secondary N) is 2. The minimum atomic E-state index is -0.860. The second-order valence-corrected chi connectivity index (χ2v) is 5.66. The Hall–Kier alpha value is -3.35. The van der Waals surface area contributed by atoms with E-state index in [9.17, 15) is 13.6 Å². The van der Waals surface area contributed by atoms with Gasteiger partial charge in [0.1, 0.15) is 17.5 Å². The van der Waals surface area contributed by atoms with Crippen LogP contribution in [0.15, 0.2) is 60.7 Å². The van der Waals surface area contributed by atoms with Crippen LogP contribution in [0.5, 0.6) is 0 Å². The Labute approximate surface area is 149 Å². The third kappa shape index (κ3) is 4.18. The van der Waals surface area contributed by atoms with Crippen molar-refractivity contribution in [2.24, 2.45) is 0 Å². The minimum absolute atomic E-state index is 0.0125. The van der Waals surface area contributed by atoms with E-state index in [-0.39, 0.29) is 17.4 Å². The summed E-state index contributed by atoms with van der Waals surface area (Å²) in [5, 5.41) is 13.3. The Morgan fingerprint density at radius 3 is 2.42 bits per heavy atom. The van der Waals surface area contributed by atoms with Crippen molar-refractivity contribution in [2.75, 3.05) is 10.6 Å². The maximum Gasteiger partial charge on any atom is 0.276 e. The molecule has 0 spiro atoms. The zero-order valence-electron chi connectivity index (χ0n) is 13.9. The van der Waals surface area contributed by atoms with Gasteiger partial charge in [0.25, 0.3) is 5.91 Å². The first kappa shape index (κ1) is 17.5. The van der Waals surface area contributed by atoms with Crippen molar-refractivity contribution >= 4 is 17.4 Å². The summed E-state index contributed by atoms with van der Waals surface area (Å²) < 4.78 is 26.5. The molecule has 1 heterocycles. The molecule has 5 nitrogen and oxygen atoms in total. The van der Waals surface area contributed by atoms with Gasteiger partial charge in [-0.05, 0) is 36.8 Å². The van der Waals surface area contributed by atoms with Gasteiger partial charge in [-0.1, -0.05) is 30.3 Å². The minimum Gasteiger partial charge on any atom is -0.362 e. The third-order valence-electron chi connectivity index (χ3n) is 3.74. The first-order valence-electron chi connectivity index (χ1n) is 7.94. The van der Waals surface area contributed by atoms with Crippen molar-refractivity contribution < 1.29 is 13.6 Å². The molecule has 0 bridgehead atoms. The molecule has 1 unspecified atom stereocenters. The van der Waals surface area contributed by atoms with Gasteiger partial charge in [-0.3, -0.25) is 4.79 Å². The Balaban J connectivity index is 1.66. The van der Waals surface area contributed by atoms with Gasteiger partial charge >= 0.3 is 0 Å². The monoisotopic (exact) mass is 354 g/mol. The predicted molar refractivity (Wildman–Crippen MR) is 94.8 cm³/mol. The van der Waals surface area contributed by atoms with E-state index in [2.05, 4.69) is 20.8 Å². The summed E-state index contributed by atoms with van der Waals surface area (Å²) in [4.78, 5) is 12.1. The van der Waals surface area contributed by atoms with E-state index in [1.165, 1.54) is 6.07 Å². The summed E-state index contributed by atoms with van der Waals surface area (Å²) in [5.41, 5.74) is 0.979. The van der Waals surface area contributed by atoms with Crippen LogP contribution in [-0.2, 0) is 0 Å². The van der Waals surface area contributed by atoms with Gasteiger partial charge in [-0.2, -0.15) is 0 Å². The lowest BCUT2D eigenvalue weighted by molar-refractivity contribution is 0.102. The Bertz CT molecular complexity index is 901. The number of hydrogen-bond donors (Lipinski definition) is 2. The molecule has 0 saturated heterocycles. The van der Waals surface area contributed by atoms with Crippen LogP contribution in [0.2, 0.25) is 0 Å². The zero-order valence-corrected chi connectivity index (χ0v) is 13.9. The van der Waals surface area contributed by atoms with Crippen LogP contribution in [0.1, 0.15) is 29.0 Å². The molecular weight excluding hydrogens is 338 g/mol. The van der Waals surface area contributed by atoms with Crippen LogP contribution in [-0.4, -0.2) is 16.1 Å². The molecule has 1 aromatic heterocycles. The van der Waals surface area contributed by atoms with Crippen LogP contribution in [0, 0.1) is 11.6 Å². The molecule has 132 valence electrons. The van der Waals surface area contributed by atoms with Crippen molar-refractivity contribution in [1.29, 1.82) is 0 Å². The quantitative estimate of drug-likeness (QED) is 0.721. The molecule has 2 N–H and O–H groups in total. The van der Waals surface area contributed by atoms with Gasteiger partial charge in [0, 0.05) is 12.1 Å². The maximum atomic E-state index is 13.6. The van der Waals surface area contributed by atoms with E-state index >= 15 is 0 Å². The highest BCUT2D eigenvalue weighted by Gasteiger charge is 2.13. The number of carbonyl (C=O) groups is 1. The standard InChI is InChI=1S/C19H16F2N4O/c1-12(13-5-3-2-4-6-13)22-18-10-9-17(24-25-18)19(26)23-16-8-7-14(20)11-15(16)21/h2-12H,1H3,(H,22,25)(H,23,26). The van der Waals surface area contributed by atoms with Crippen LogP contribution in [0.25, 0.3) is 0 Å². The Morgan fingerprint density at radius 1 is 1.00 bits per heavy atom. The van der Waals surface area contributed by atoms with Crippen molar-refractivity contribution in [1.82, 2.24) is 10.2 Å². The number of nitrogens with zero attached hydrogens (tertiary/aromatic N) is 2. The van der Waals surface area contributed by atoms with Crippen LogP contribution in [0.4, 0.5) is 20.3 Å². The van der Waals surface area contributed by atoms with E-state index in [0.717, 1.165) is 17.7 Å². The molecule has 0 radical (unpaired) electrons. The Kier molecular flexibility index (Phi) is 5.17. The number of halogens is 2. The summed E-state index contributed by atoms with van der Waals surface area (Å²) >= 11 is 0. The fourth-order valence-electron chi connectivity index (χ4n) is 2.35. The molecule has 3 aromatic rings. The molecule has 0 aliphatic rings. The largest absolute Gasteiger partial charge is 0.362 e. The average molecular weight is 354 g/mol. The maximum absolute atomic E-state index is 13.6. The Morgan fingerprint density at radius 2 is 1.77 bits per heavy atom. The van der Waals surface area contributed by atoms with Gasteiger partial charge in [0.2, 0.25) is 0 Å². The lowest BCUT2D eigenvalue weighted by Gasteiger charge is -2.14. The fraction of sp³-hybridized carbons (Fsp3) is 0.105. The average Bonchev–Trinajstić information content (AvgIpc) is 2.65. The summed E-state index contributed by atoms with van der Waals surface area (Å²) in [6, 6.07) is 15.8. The third-order valence-corrected chi connectivity index (χ3v) is 3.74. The first-order valence-corrected chi connectivity index (χ1v) is 7.94. The van der Waals surface area contributed by atoms with Crippen molar-refractivity contribution in [3.05, 3.63) is 83.6 Å². The molecular formula is C19H16F2N4O. The number of amides is 1. The highest BCUT2D eigenvalue weighted by Crippen LogP contribution is 2.18. The van der Waals surface area contributed by atoms with E-state index < -0.39 is 17.5 Å². The van der Waals surface area contributed by atoms with Crippen LogP contribution >= 0.6 is 0 Å². The molecule has 0 aliphatic carbocycles. The number of aromatic nitrogens is 2. The summed E-state index contributed by atoms with van der Waals surface area (Å²) in [6.45, 7) is 1.98. The fourth-order valence-corrected chi connectivity index (χ4v) is 2.35. The molecule has 3 rings (SSSR count). The van der Waals surface area contributed by atoms with E-state index in [1.807, 2.05) is 37.3 Å². The van der Waals surface area contributed by atoms with E-state index in [4.69, 9.17) is 0 Å². The number of anilines is 2. The SMILES string of the molecule is CC(Nc1ccc(C(=O)Nc2ccc(F)cc2F)nn1)c1ccccc1. The van der Waals surface area contributed by atoms with Crippen LogP contribution < -0.4 is 10.6 Å². The van der Waals surface area contributed by atoms with Crippen molar-refractivity contribution in [2.45, 2.75) is 13.0 Å². The molecule has 0 aliphatic heterocycles. The summed E-state index contributed by atoms with van der Waals surface area (Å²) in [7, 11) is 0. The molecule has 1 atom stereocenters. The second kappa shape index (κ2) is 7.69. The van der Waals surface area contributed by atoms with Gasteiger partial charge in [0.15, 0.2) is 5.69 Å². The highest BCUT2D eigenvalue weighted by molar-refractivity contribution is 6.02. The van der Waals surface area contributed by atoms with Gasteiger partial charge in [-0.25, -0.2) is 8.78 Å². The normalized spacial score (nSPS) is 11.7. The summed E-state index contributed by atoms with van der Waals surface area (Å²) in [6.07, 6.45) is 0. The zero-order chi connectivity index (χ0) is 18.5. The highest BCUT2D eigenvalue weighted by atomic mass is 19.1. The number of hydrogen-bond acceptors (Lipinski definition) is 4. The predicted octanol–water partition coefficient (Wildman–Crippen LogP) is 4.18. The van der Waals surface area contributed by atoms with Crippen molar-refractivity contribution in [3.63, 3.8) is 0 Å². The van der Waals surface area contributed by atoms with Gasteiger partial charge in [0.05, 0.1) is 5.69 Å². The molecule has 0 fully saturated rings. The van der Waals surface area contributed by atoms with Crippen molar-refractivity contribution in [3.8, 4) is 0 Å².